The fourth-order valence-electron chi connectivity index (χ4n) is 3.62. The molecule has 4 rings (SSSR count). The molecule has 1 saturated carbocycles. The maximum Gasteiger partial charge on any atom is 0.172 e. The lowest BCUT2D eigenvalue weighted by Crippen LogP contribution is -2.17. The summed E-state index contributed by atoms with van der Waals surface area (Å²) < 4.78 is -0.329. The van der Waals surface area contributed by atoms with Crippen molar-refractivity contribution in [1.82, 2.24) is 0 Å². The maximum absolute atomic E-state index is 12.9. The van der Waals surface area contributed by atoms with E-state index in [2.05, 4.69) is 50.1 Å². The molecule has 2 atom stereocenters. The van der Waals surface area contributed by atoms with Gasteiger partial charge in [-0.05, 0) is 17.5 Å². The molecule has 20 heavy (non-hydrogen) atoms. The molecule has 3 heteroatoms. The number of carbonyl (C=O) groups is 1. The van der Waals surface area contributed by atoms with Crippen LogP contribution >= 0.6 is 31.9 Å². The molecule has 0 heterocycles. The molecule has 0 radical (unpaired) electrons. The first kappa shape index (κ1) is 12.8. The van der Waals surface area contributed by atoms with Gasteiger partial charge in [0.15, 0.2) is 5.78 Å². The van der Waals surface area contributed by atoms with Crippen molar-refractivity contribution in [1.29, 1.82) is 0 Å². The van der Waals surface area contributed by atoms with E-state index in [1.807, 2.05) is 36.4 Å². The third-order valence-corrected chi connectivity index (χ3v) is 6.97. The first-order chi connectivity index (χ1) is 9.59. The number of carbonyl (C=O) groups excluding carboxylic acids is 1. The van der Waals surface area contributed by atoms with Crippen molar-refractivity contribution < 1.29 is 4.79 Å². The highest BCUT2D eigenvalue weighted by atomic mass is 79.9. The predicted molar refractivity (Wildman–Crippen MR) is 86.7 cm³/mol. The van der Waals surface area contributed by atoms with Gasteiger partial charge >= 0.3 is 0 Å². The SMILES string of the molecule is O=C1c2ccccc2C[C@]12[C@@H](c1ccccc1)C2(Br)Br. The van der Waals surface area contributed by atoms with Gasteiger partial charge < -0.3 is 0 Å². The number of rotatable bonds is 1. The normalized spacial score (nSPS) is 29.5. The van der Waals surface area contributed by atoms with Crippen LogP contribution in [0.4, 0.5) is 0 Å². The topological polar surface area (TPSA) is 17.1 Å². The van der Waals surface area contributed by atoms with Gasteiger partial charge in [-0.25, -0.2) is 0 Å². The van der Waals surface area contributed by atoms with Crippen LogP contribution in [0.15, 0.2) is 54.6 Å². The summed E-state index contributed by atoms with van der Waals surface area (Å²) in [4.78, 5) is 12.9. The highest BCUT2D eigenvalue weighted by Gasteiger charge is 2.80. The number of fused-ring (bicyclic) bond motifs is 1. The molecule has 0 amide bonds. The van der Waals surface area contributed by atoms with Crippen molar-refractivity contribution in [2.24, 2.45) is 5.41 Å². The molecule has 2 aliphatic carbocycles. The van der Waals surface area contributed by atoms with E-state index < -0.39 is 0 Å². The zero-order valence-corrected chi connectivity index (χ0v) is 13.8. The molecule has 2 aliphatic rings. The third-order valence-electron chi connectivity index (χ3n) is 4.64. The summed E-state index contributed by atoms with van der Waals surface area (Å²) in [5.41, 5.74) is 2.88. The number of Topliss-reactive ketones (excluding diaryl/α,β-unsaturated/α-hetero) is 1. The van der Waals surface area contributed by atoms with E-state index in [0.29, 0.717) is 0 Å². The van der Waals surface area contributed by atoms with Gasteiger partial charge in [-0.3, -0.25) is 4.79 Å². The fourth-order valence-corrected chi connectivity index (χ4v) is 5.80. The molecular formula is C17H12Br2O. The Morgan fingerprint density at radius 3 is 2.30 bits per heavy atom. The van der Waals surface area contributed by atoms with E-state index in [1.54, 1.807) is 0 Å². The van der Waals surface area contributed by atoms with Crippen LogP contribution in [0, 0.1) is 5.41 Å². The molecular weight excluding hydrogens is 380 g/mol. The van der Waals surface area contributed by atoms with Gasteiger partial charge in [-0.15, -0.1) is 0 Å². The standard InChI is InChI=1S/C17H12Br2O/c18-17(19)14(11-6-2-1-3-7-11)16(17)10-12-8-4-5-9-13(12)15(16)20/h1-9,14H,10H2/t14-,16+/m1/s1. The van der Waals surface area contributed by atoms with Crippen LogP contribution in [0.5, 0.6) is 0 Å². The highest BCUT2D eigenvalue weighted by Crippen LogP contribution is 2.79. The Bertz CT molecular complexity index is 708. The average Bonchev–Trinajstić information content (AvgIpc) is 2.79. The molecule has 0 saturated heterocycles. The number of benzene rings is 2. The highest BCUT2D eigenvalue weighted by molar-refractivity contribution is 9.25. The second kappa shape index (κ2) is 4.05. The molecule has 0 N–H and O–H groups in total. The van der Waals surface area contributed by atoms with Gasteiger partial charge in [0, 0.05) is 11.5 Å². The van der Waals surface area contributed by atoms with Crippen molar-refractivity contribution in [3.63, 3.8) is 0 Å². The van der Waals surface area contributed by atoms with Gasteiger partial charge in [0.2, 0.25) is 0 Å². The van der Waals surface area contributed by atoms with Crippen LogP contribution in [-0.4, -0.2) is 9.02 Å². The quantitative estimate of drug-likeness (QED) is 0.644. The summed E-state index contributed by atoms with van der Waals surface area (Å²) in [6.45, 7) is 0. The van der Waals surface area contributed by atoms with E-state index >= 15 is 0 Å². The summed E-state index contributed by atoms with van der Waals surface area (Å²) in [6.07, 6.45) is 0.804. The second-order valence-electron chi connectivity index (χ2n) is 5.60. The summed E-state index contributed by atoms with van der Waals surface area (Å²) in [7, 11) is 0. The predicted octanol–water partition coefficient (Wildman–Crippen LogP) is 4.70. The first-order valence-electron chi connectivity index (χ1n) is 6.64. The van der Waals surface area contributed by atoms with E-state index in [-0.39, 0.29) is 20.3 Å². The van der Waals surface area contributed by atoms with Gasteiger partial charge in [0.25, 0.3) is 0 Å². The van der Waals surface area contributed by atoms with Crippen molar-refractivity contribution >= 4 is 37.6 Å². The molecule has 0 bridgehead atoms. The lowest BCUT2D eigenvalue weighted by molar-refractivity contribution is 0.0915. The largest absolute Gasteiger partial charge is 0.293 e. The van der Waals surface area contributed by atoms with Crippen LogP contribution in [0.25, 0.3) is 0 Å². The molecule has 1 fully saturated rings. The number of ketones is 1. The van der Waals surface area contributed by atoms with E-state index in [4.69, 9.17) is 0 Å². The van der Waals surface area contributed by atoms with Crippen LogP contribution in [-0.2, 0) is 6.42 Å². The smallest absolute Gasteiger partial charge is 0.172 e. The van der Waals surface area contributed by atoms with Gasteiger partial charge in [0.05, 0.1) is 5.41 Å². The summed E-state index contributed by atoms with van der Waals surface area (Å²) in [5.74, 6) is 0.437. The van der Waals surface area contributed by atoms with Gasteiger partial charge in [0.1, 0.15) is 3.23 Å². The van der Waals surface area contributed by atoms with Crippen LogP contribution < -0.4 is 0 Å². The lowest BCUT2D eigenvalue weighted by atomic mass is 9.95. The number of hydrogen-bond acceptors (Lipinski definition) is 1. The monoisotopic (exact) mass is 390 g/mol. The Hall–Kier alpha value is -0.930. The Kier molecular flexibility index (Phi) is 2.59. The minimum Gasteiger partial charge on any atom is -0.293 e. The van der Waals surface area contributed by atoms with Crippen LogP contribution in [0.1, 0.15) is 27.4 Å². The molecule has 1 nitrogen and oxygen atoms in total. The molecule has 1 spiro atoms. The summed E-state index contributed by atoms with van der Waals surface area (Å²) in [5, 5.41) is 0. The van der Waals surface area contributed by atoms with Crippen molar-refractivity contribution in [2.75, 3.05) is 0 Å². The zero-order chi connectivity index (χ0) is 14.0. The van der Waals surface area contributed by atoms with Gasteiger partial charge in [-0.1, -0.05) is 86.5 Å². The van der Waals surface area contributed by atoms with Crippen molar-refractivity contribution in [3.05, 3.63) is 71.3 Å². The Morgan fingerprint density at radius 2 is 1.60 bits per heavy atom. The molecule has 2 aromatic carbocycles. The van der Waals surface area contributed by atoms with E-state index in [1.165, 1.54) is 11.1 Å². The molecule has 0 aromatic heterocycles. The van der Waals surface area contributed by atoms with Crippen LogP contribution in [0.3, 0.4) is 0 Å². The molecule has 0 unspecified atom stereocenters. The van der Waals surface area contributed by atoms with Crippen LogP contribution in [0.2, 0.25) is 0 Å². The molecule has 2 aromatic rings. The molecule has 100 valence electrons. The average molecular weight is 392 g/mol. The summed E-state index contributed by atoms with van der Waals surface area (Å²) in [6, 6.07) is 18.2. The second-order valence-corrected chi connectivity index (χ2v) is 9.17. The lowest BCUT2D eigenvalue weighted by Gasteiger charge is -2.07. The van der Waals surface area contributed by atoms with Crippen molar-refractivity contribution in [3.8, 4) is 0 Å². The third kappa shape index (κ3) is 1.40. The van der Waals surface area contributed by atoms with Crippen molar-refractivity contribution in [2.45, 2.75) is 15.6 Å². The number of hydrogen-bond donors (Lipinski definition) is 0. The first-order valence-corrected chi connectivity index (χ1v) is 8.23. The summed E-state index contributed by atoms with van der Waals surface area (Å²) >= 11 is 7.54. The number of halogens is 2. The minimum absolute atomic E-state index is 0.177. The minimum atomic E-state index is -0.377. The Morgan fingerprint density at radius 1 is 0.950 bits per heavy atom. The van der Waals surface area contributed by atoms with Gasteiger partial charge in [-0.2, -0.15) is 0 Å². The fraction of sp³-hybridized carbons (Fsp3) is 0.235. The van der Waals surface area contributed by atoms with E-state index in [0.717, 1.165) is 12.0 Å². The Labute approximate surface area is 134 Å². The zero-order valence-electron chi connectivity index (χ0n) is 10.6. The number of alkyl halides is 2. The van der Waals surface area contributed by atoms with E-state index in [9.17, 15) is 4.79 Å². The maximum atomic E-state index is 12.9. The molecule has 0 aliphatic heterocycles. The Balaban J connectivity index is 1.83.